The molecule has 2 heterocycles. The number of hydrogen-bond acceptors (Lipinski definition) is 3. The van der Waals surface area contributed by atoms with Crippen LogP contribution in [0.15, 0.2) is 0 Å². The summed E-state index contributed by atoms with van der Waals surface area (Å²) in [4.78, 5) is 26.4. The van der Waals surface area contributed by atoms with Gasteiger partial charge in [-0.25, -0.2) is 9.59 Å². The van der Waals surface area contributed by atoms with E-state index in [-0.39, 0.29) is 19.0 Å². The summed E-state index contributed by atoms with van der Waals surface area (Å²) >= 11 is 0. The van der Waals surface area contributed by atoms with E-state index < -0.39 is 18.1 Å². The molecule has 0 bridgehead atoms. The fourth-order valence-corrected chi connectivity index (χ4v) is 2.70. The summed E-state index contributed by atoms with van der Waals surface area (Å²) < 4.78 is 0. The van der Waals surface area contributed by atoms with E-state index in [2.05, 4.69) is 0 Å². The molecule has 0 saturated carbocycles. The number of aliphatic carboxylic acids is 1. The topological polar surface area (TPSA) is 81.1 Å². The lowest BCUT2D eigenvalue weighted by Crippen LogP contribution is -2.48. The molecule has 0 aromatic rings. The monoisotopic (exact) mass is 256 g/mol. The molecule has 18 heavy (non-hydrogen) atoms. The highest BCUT2D eigenvalue weighted by molar-refractivity contribution is 5.83. The standard InChI is InChI=1S/C12H20N2O4/c15-9-7-10(11(16)17)14(8-9)12(18)13-5-3-1-2-4-6-13/h9-10,15H,1-8H2,(H,16,17)/t9-,10+/m1/s1. The SMILES string of the molecule is O=C(O)[C@@H]1C[C@@H](O)CN1C(=O)N1CCCCCC1. The molecule has 2 rings (SSSR count). The molecule has 0 unspecified atom stereocenters. The molecule has 2 aliphatic heterocycles. The zero-order chi connectivity index (χ0) is 13.1. The maximum atomic E-state index is 12.3. The number of nitrogens with zero attached hydrogens (tertiary/aromatic N) is 2. The fourth-order valence-electron chi connectivity index (χ4n) is 2.70. The van der Waals surface area contributed by atoms with Crippen molar-refractivity contribution in [3.8, 4) is 0 Å². The Morgan fingerprint density at radius 2 is 1.67 bits per heavy atom. The number of carbonyl (C=O) groups excluding carboxylic acids is 1. The van der Waals surface area contributed by atoms with E-state index in [4.69, 9.17) is 5.11 Å². The van der Waals surface area contributed by atoms with E-state index in [1.807, 2.05) is 0 Å². The second-order valence-corrected chi connectivity index (χ2v) is 5.08. The van der Waals surface area contributed by atoms with Crippen molar-refractivity contribution in [2.75, 3.05) is 19.6 Å². The van der Waals surface area contributed by atoms with Gasteiger partial charge in [0.2, 0.25) is 0 Å². The maximum Gasteiger partial charge on any atom is 0.326 e. The predicted molar refractivity (Wildman–Crippen MR) is 64.2 cm³/mol. The van der Waals surface area contributed by atoms with Crippen LogP contribution in [-0.2, 0) is 4.79 Å². The Kier molecular flexibility index (Phi) is 4.06. The minimum absolute atomic E-state index is 0.131. The molecule has 2 N–H and O–H groups in total. The van der Waals surface area contributed by atoms with Crippen LogP contribution < -0.4 is 0 Å². The molecule has 6 heteroatoms. The highest BCUT2D eigenvalue weighted by atomic mass is 16.4. The quantitative estimate of drug-likeness (QED) is 0.716. The number of hydrogen-bond donors (Lipinski definition) is 2. The van der Waals surface area contributed by atoms with E-state index in [1.54, 1.807) is 4.90 Å². The summed E-state index contributed by atoms with van der Waals surface area (Å²) in [6, 6.07) is -1.11. The summed E-state index contributed by atoms with van der Waals surface area (Å²) in [6.07, 6.45) is 3.60. The number of carbonyl (C=O) groups is 2. The first-order valence-corrected chi connectivity index (χ1v) is 6.56. The summed E-state index contributed by atoms with van der Waals surface area (Å²) in [7, 11) is 0. The van der Waals surface area contributed by atoms with Crippen LogP contribution in [0, 0.1) is 0 Å². The van der Waals surface area contributed by atoms with Gasteiger partial charge in [0, 0.05) is 26.1 Å². The van der Waals surface area contributed by atoms with Gasteiger partial charge in [-0.05, 0) is 12.8 Å². The lowest BCUT2D eigenvalue weighted by molar-refractivity contribution is -0.141. The zero-order valence-electron chi connectivity index (χ0n) is 10.4. The zero-order valence-corrected chi connectivity index (χ0v) is 10.4. The van der Waals surface area contributed by atoms with Crippen LogP contribution in [0.1, 0.15) is 32.1 Å². The number of urea groups is 1. The van der Waals surface area contributed by atoms with Crippen molar-refractivity contribution in [2.45, 2.75) is 44.2 Å². The van der Waals surface area contributed by atoms with Gasteiger partial charge in [0.25, 0.3) is 0 Å². The summed E-state index contributed by atoms with van der Waals surface area (Å²) in [5.74, 6) is -1.03. The number of carboxylic acids is 1. The summed E-state index contributed by atoms with van der Waals surface area (Å²) in [5, 5.41) is 18.6. The van der Waals surface area contributed by atoms with Gasteiger partial charge in [-0.1, -0.05) is 12.8 Å². The highest BCUT2D eigenvalue weighted by Crippen LogP contribution is 2.21. The first-order valence-electron chi connectivity index (χ1n) is 6.56. The number of β-amino-alcohol motifs (C(OH)–C–C–N with tert-alkyl or cyclic N) is 1. The van der Waals surface area contributed by atoms with Crippen molar-refractivity contribution >= 4 is 12.0 Å². The van der Waals surface area contributed by atoms with Crippen molar-refractivity contribution in [3.63, 3.8) is 0 Å². The molecule has 2 saturated heterocycles. The Bertz CT molecular complexity index is 326. The summed E-state index contributed by atoms with van der Waals surface area (Å²) in [6.45, 7) is 1.52. The second-order valence-electron chi connectivity index (χ2n) is 5.08. The summed E-state index contributed by atoms with van der Waals surface area (Å²) in [5.41, 5.74) is 0. The smallest absolute Gasteiger partial charge is 0.326 e. The van der Waals surface area contributed by atoms with Gasteiger partial charge >= 0.3 is 12.0 Å². The molecule has 0 spiro atoms. The van der Waals surface area contributed by atoms with E-state index >= 15 is 0 Å². The van der Waals surface area contributed by atoms with Gasteiger partial charge in [0.05, 0.1) is 6.10 Å². The molecule has 2 fully saturated rings. The van der Waals surface area contributed by atoms with Gasteiger partial charge in [-0.2, -0.15) is 0 Å². The Hall–Kier alpha value is -1.30. The Labute approximate surface area is 106 Å². The van der Waals surface area contributed by atoms with Gasteiger partial charge in [-0.15, -0.1) is 0 Å². The minimum Gasteiger partial charge on any atom is -0.480 e. The van der Waals surface area contributed by atoms with E-state index in [1.165, 1.54) is 4.90 Å². The number of amides is 2. The van der Waals surface area contributed by atoms with Crippen molar-refractivity contribution in [1.82, 2.24) is 9.80 Å². The molecular formula is C12H20N2O4. The van der Waals surface area contributed by atoms with Gasteiger partial charge in [-0.3, -0.25) is 0 Å². The number of likely N-dealkylation sites (tertiary alicyclic amines) is 2. The second kappa shape index (κ2) is 5.56. The Morgan fingerprint density at radius 3 is 2.22 bits per heavy atom. The normalized spacial score (nSPS) is 29.2. The third kappa shape index (κ3) is 2.75. The van der Waals surface area contributed by atoms with Crippen LogP contribution in [0.25, 0.3) is 0 Å². The van der Waals surface area contributed by atoms with E-state index in [0.717, 1.165) is 25.7 Å². The number of aliphatic hydroxyl groups excluding tert-OH is 1. The molecule has 2 aliphatic rings. The van der Waals surface area contributed by atoms with Crippen LogP contribution in [0.2, 0.25) is 0 Å². The van der Waals surface area contributed by atoms with Crippen molar-refractivity contribution < 1.29 is 19.8 Å². The van der Waals surface area contributed by atoms with Crippen LogP contribution in [-0.4, -0.2) is 63.8 Å². The molecule has 2 amide bonds. The molecule has 0 radical (unpaired) electrons. The van der Waals surface area contributed by atoms with Crippen LogP contribution in [0.4, 0.5) is 4.79 Å². The lowest BCUT2D eigenvalue weighted by atomic mass is 10.2. The number of rotatable bonds is 1. The van der Waals surface area contributed by atoms with Crippen LogP contribution >= 0.6 is 0 Å². The maximum absolute atomic E-state index is 12.3. The third-order valence-electron chi connectivity index (χ3n) is 3.69. The third-order valence-corrected chi connectivity index (χ3v) is 3.69. The highest BCUT2D eigenvalue weighted by Gasteiger charge is 2.40. The Morgan fingerprint density at radius 1 is 1.06 bits per heavy atom. The van der Waals surface area contributed by atoms with Crippen molar-refractivity contribution in [3.05, 3.63) is 0 Å². The largest absolute Gasteiger partial charge is 0.480 e. The first-order chi connectivity index (χ1) is 8.59. The molecule has 0 aromatic carbocycles. The van der Waals surface area contributed by atoms with Crippen molar-refractivity contribution in [2.24, 2.45) is 0 Å². The average molecular weight is 256 g/mol. The lowest BCUT2D eigenvalue weighted by Gasteiger charge is -2.29. The minimum atomic E-state index is -1.03. The average Bonchev–Trinajstić information content (AvgIpc) is 2.56. The molecule has 2 atom stereocenters. The molecule has 102 valence electrons. The number of aliphatic hydroxyl groups is 1. The van der Waals surface area contributed by atoms with Crippen LogP contribution in [0.5, 0.6) is 0 Å². The number of carboxylic acid groups (broad SMARTS) is 1. The first kappa shape index (κ1) is 13.1. The fraction of sp³-hybridized carbons (Fsp3) is 0.833. The molecule has 0 aromatic heterocycles. The van der Waals surface area contributed by atoms with Gasteiger partial charge < -0.3 is 20.0 Å². The van der Waals surface area contributed by atoms with Crippen molar-refractivity contribution in [1.29, 1.82) is 0 Å². The van der Waals surface area contributed by atoms with E-state index in [9.17, 15) is 14.7 Å². The van der Waals surface area contributed by atoms with Crippen LogP contribution in [0.3, 0.4) is 0 Å². The van der Waals surface area contributed by atoms with Gasteiger partial charge in [0.1, 0.15) is 6.04 Å². The molecule has 0 aliphatic carbocycles. The predicted octanol–water partition coefficient (Wildman–Crippen LogP) is 0.502. The molecular weight excluding hydrogens is 236 g/mol. The Balaban J connectivity index is 2.04. The van der Waals surface area contributed by atoms with Gasteiger partial charge in [0.15, 0.2) is 0 Å². The van der Waals surface area contributed by atoms with E-state index in [0.29, 0.717) is 13.1 Å². The molecule has 6 nitrogen and oxygen atoms in total.